The lowest BCUT2D eigenvalue weighted by atomic mass is 10.1. The van der Waals surface area contributed by atoms with Crippen LogP contribution in [0.15, 0.2) is 54.6 Å². The van der Waals surface area contributed by atoms with Crippen LogP contribution in [-0.4, -0.2) is 25.0 Å². The van der Waals surface area contributed by atoms with Crippen molar-refractivity contribution >= 4 is 11.9 Å². The molecule has 0 spiro atoms. The van der Waals surface area contributed by atoms with Crippen molar-refractivity contribution in [3.05, 3.63) is 65.7 Å². The molecule has 2 aromatic rings. The molecule has 24 heavy (non-hydrogen) atoms. The van der Waals surface area contributed by atoms with Gasteiger partial charge in [0.05, 0.1) is 7.11 Å². The van der Waals surface area contributed by atoms with Gasteiger partial charge in [0.15, 0.2) is 0 Å². The molecule has 3 rings (SSSR count). The summed E-state index contributed by atoms with van der Waals surface area (Å²) < 4.78 is 10.7. The van der Waals surface area contributed by atoms with Crippen LogP contribution in [0.1, 0.15) is 34.9 Å². The Bertz CT molecular complexity index is 725. The first-order valence-corrected chi connectivity index (χ1v) is 7.88. The molecular formula is C19H19NO4. The number of methoxy groups -OCH3 is 1. The number of para-hydroxylation sites is 1. The Labute approximate surface area is 140 Å². The molecule has 5 nitrogen and oxygen atoms in total. The van der Waals surface area contributed by atoms with Crippen molar-refractivity contribution in [1.29, 1.82) is 0 Å². The Morgan fingerprint density at radius 2 is 1.71 bits per heavy atom. The number of carbonyl (C=O) groups excluding carboxylic acids is 2. The number of nitrogens with one attached hydrogen (secondary N) is 1. The van der Waals surface area contributed by atoms with Gasteiger partial charge in [0.1, 0.15) is 11.3 Å². The van der Waals surface area contributed by atoms with Crippen molar-refractivity contribution in [1.82, 2.24) is 5.32 Å². The number of benzene rings is 2. The standard InChI is InChI=1S/C19H19NO4/c1-23-16-10-6-5-9-15(16)19(22)24-17(13-7-3-2-4-8-13)18(21)20-14-11-12-14/h2-10,14,17H,11-12H2,1H3,(H,20,21)/t17-/m1/s1. The molecule has 0 saturated heterocycles. The predicted octanol–water partition coefficient (Wildman–Crippen LogP) is 2.87. The Kier molecular flexibility index (Phi) is 4.79. The molecule has 1 amide bonds. The lowest BCUT2D eigenvalue weighted by Gasteiger charge is -2.18. The summed E-state index contributed by atoms with van der Waals surface area (Å²) in [6, 6.07) is 16.0. The van der Waals surface area contributed by atoms with Gasteiger partial charge in [-0.15, -0.1) is 0 Å². The number of carbonyl (C=O) groups is 2. The van der Waals surface area contributed by atoms with E-state index in [2.05, 4.69) is 5.32 Å². The number of hydrogen-bond acceptors (Lipinski definition) is 4. The van der Waals surface area contributed by atoms with Crippen LogP contribution in [0, 0.1) is 0 Å². The molecule has 5 heteroatoms. The van der Waals surface area contributed by atoms with Gasteiger partial charge in [-0.3, -0.25) is 4.79 Å². The number of amides is 1. The van der Waals surface area contributed by atoms with Gasteiger partial charge >= 0.3 is 5.97 Å². The molecule has 1 saturated carbocycles. The maximum Gasteiger partial charge on any atom is 0.343 e. The molecule has 0 aromatic heterocycles. The summed E-state index contributed by atoms with van der Waals surface area (Å²) in [5.41, 5.74) is 0.930. The van der Waals surface area contributed by atoms with E-state index < -0.39 is 12.1 Å². The SMILES string of the molecule is COc1ccccc1C(=O)O[C@@H](C(=O)NC1CC1)c1ccccc1. The molecule has 0 unspecified atom stereocenters. The van der Waals surface area contributed by atoms with E-state index in [0.717, 1.165) is 12.8 Å². The monoisotopic (exact) mass is 325 g/mol. The second-order valence-electron chi connectivity index (χ2n) is 5.68. The minimum absolute atomic E-state index is 0.189. The van der Waals surface area contributed by atoms with Gasteiger partial charge in [0.2, 0.25) is 6.10 Å². The average Bonchev–Trinajstić information content (AvgIpc) is 3.44. The maximum atomic E-state index is 12.5. The average molecular weight is 325 g/mol. The molecule has 1 atom stereocenters. The van der Waals surface area contributed by atoms with Crippen molar-refractivity contribution in [3.63, 3.8) is 0 Å². The smallest absolute Gasteiger partial charge is 0.343 e. The van der Waals surface area contributed by atoms with Crippen LogP contribution in [0.5, 0.6) is 5.75 Å². The highest BCUT2D eigenvalue weighted by Gasteiger charge is 2.31. The molecule has 124 valence electrons. The van der Waals surface area contributed by atoms with E-state index in [9.17, 15) is 9.59 Å². The van der Waals surface area contributed by atoms with Crippen molar-refractivity contribution in [2.75, 3.05) is 7.11 Å². The fourth-order valence-electron chi connectivity index (χ4n) is 2.39. The van der Waals surface area contributed by atoms with E-state index in [4.69, 9.17) is 9.47 Å². The molecule has 1 aliphatic rings. The zero-order valence-electron chi connectivity index (χ0n) is 13.4. The van der Waals surface area contributed by atoms with E-state index >= 15 is 0 Å². The van der Waals surface area contributed by atoms with Crippen molar-refractivity contribution in [2.45, 2.75) is 25.0 Å². The molecule has 0 bridgehead atoms. The summed E-state index contributed by atoms with van der Waals surface area (Å²) in [5.74, 6) is -0.476. The van der Waals surface area contributed by atoms with Crippen molar-refractivity contribution < 1.29 is 19.1 Å². The van der Waals surface area contributed by atoms with Gasteiger partial charge in [0.25, 0.3) is 5.91 Å². The van der Waals surface area contributed by atoms with E-state index in [0.29, 0.717) is 16.9 Å². The Hall–Kier alpha value is -2.82. The van der Waals surface area contributed by atoms with Gasteiger partial charge in [-0.1, -0.05) is 42.5 Å². The van der Waals surface area contributed by atoms with Crippen LogP contribution >= 0.6 is 0 Å². The molecule has 0 radical (unpaired) electrons. The van der Waals surface area contributed by atoms with Crippen LogP contribution in [0.2, 0.25) is 0 Å². The van der Waals surface area contributed by atoms with Gasteiger partial charge in [-0.05, 0) is 25.0 Å². The lowest BCUT2D eigenvalue weighted by molar-refractivity contribution is -0.130. The summed E-state index contributed by atoms with van der Waals surface area (Å²) in [6.07, 6.45) is 0.950. The minimum Gasteiger partial charge on any atom is -0.496 e. The second kappa shape index (κ2) is 7.17. The summed E-state index contributed by atoms with van der Waals surface area (Å²) >= 11 is 0. The first-order valence-electron chi connectivity index (χ1n) is 7.88. The summed E-state index contributed by atoms with van der Waals surface area (Å²) in [6.45, 7) is 0. The minimum atomic E-state index is -0.982. The van der Waals surface area contributed by atoms with Crippen molar-refractivity contribution in [3.8, 4) is 5.75 Å². The van der Waals surface area contributed by atoms with Crippen LogP contribution in [0.4, 0.5) is 0 Å². The molecule has 1 fully saturated rings. The first kappa shape index (κ1) is 16.1. The third-order valence-corrected chi connectivity index (χ3v) is 3.82. The van der Waals surface area contributed by atoms with E-state index in [1.165, 1.54) is 7.11 Å². The second-order valence-corrected chi connectivity index (χ2v) is 5.68. The van der Waals surface area contributed by atoms with E-state index in [-0.39, 0.29) is 11.9 Å². The predicted molar refractivity (Wildman–Crippen MR) is 88.8 cm³/mol. The quantitative estimate of drug-likeness (QED) is 0.830. The third kappa shape index (κ3) is 3.74. The number of hydrogen-bond donors (Lipinski definition) is 1. The van der Waals surface area contributed by atoms with E-state index in [1.807, 2.05) is 18.2 Å². The topological polar surface area (TPSA) is 64.6 Å². The van der Waals surface area contributed by atoms with Crippen LogP contribution in [0.25, 0.3) is 0 Å². The first-order chi connectivity index (χ1) is 11.7. The molecule has 1 aliphatic carbocycles. The largest absolute Gasteiger partial charge is 0.496 e. The molecular weight excluding hydrogens is 306 g/mol. The Balaban J connectivity index is 1.83. The van der Waals surface area contributed by atoms with Crippen LogP contribution in [-0.2, 0) is 9.53 Å². The summed E-state index contributed by atoms with van der Waals surface area (Å²) in [7, 11) is 1.49. The van der Waals surface area contributed by atoms with Gasteiger partial charge in [0, 0.05) is 11.6 Å². The Morgan fingerprint density at radius 3 is 2.38 bits per heavy atom. The zero-order chi connectivity index (χ0) is 16.9. The van der Waals surface area contributed by atoms with Crippen LogP contribution < -0.4 is 10.1 Å². The zero-order valence-corrected chi connectivity index (χ0v) is 13.4. The fraction of sp³-hybridized carbons (Fsp3) is 0.263. The van der Waals surface area contributed by atoms with E-state index in [1.54, 1.807) is 36.4 Å². The highest BCUT2D eigenvalue weighted by Crippen LogP contribution is 2.26. The van der Waals surface area contributed by atoms with Gasteiger partial charge in [-0.2, -0.15) is 0 Å². The molecule has 1 N–H and O–H groups in total. The number of esters is 1. The molecule has 2 aromatic carbocycles. The molecule has 0 aliphatic heterocycles. The summed E-state index contributed by atoms with van der Waals surface area (Å²) in [4.78, 5) is 25.0. The number of rotatable bonds is 6. The lowest BCUT2D eigenvalue weighted by Crippen LogP contribution is -2.33. The van der Waals surface area contributed by atoms with Gasteiger partial charge in [-0.25, -0.2) is 4.79 Å². The molecule has 0 heterocycles. The summed E-state index contributed by atoms with van der Waals surface area (Å²) in [5, 5.41) is 2.89. The highest BCUT2D eigenvalue weighted by molar-refractivity contribution is 5.95. The Morgan fingerprint density at radius 1 is 1.04 bits per heavy atom. The third-order valence-electron chi connectivity index (χ3n) is 3.82. The van der Waals surface area contributed by atoms with Crippen molar-refractivity contribution in [2.24, 2.45) is 0 Å². The number of ether oxygens (including phenoxy) is 2. The highest BCUT2D eigenvalue weighted by atomic mass is 16.5. The maximum absolute atomic E-state index is 12.5. The van der Waals surface area contributed by atoms with Gasteiger partial charge < -0.3 is 14.8 Å². The fourth-order valence-corrected chi connectivity index (χ4v) is 2.39. The normalized spacial score (nSPS) is 14.5. The van der Waals surface area contributed by atoms with Crippen LogP contribution in [0.3, 0.4) is 0 Å².